The first-order chi connectivity index (χ1) is 10.7. The minimum Gasteiger partial charge on any atom is -0.359 e. The first kappa shape index (κ1) is 18.2. The quantitative estimate of drug-likeness (QED) is 0.430. The van der Waals surface area contributed by atoms with E-state index in [0.717, 1.165) is 0 Å². The van der Waals surface area contributed by atoms with Crippen molar-refractivity contribution in [1.29, 1.82) is 0 Å². The van der Waals surface area contributed by atoms with Crippen molar-refractivity contribution in [3.63, 3.8) is 0 Å². The van der Waals surface area contributed by atoms with Gasteiger partial charge >= 0.3 is 0 Å². The maximum absolute atomic E-state index is 3.93. The molecule has 0 aromatic heterocycles. The summed E-state index contributed by atoms with van der Waals surface area (Å²) in [4.78, 5) is 0. The molecule has 1 aromatic carbocycles. The lowest BCUT2D eigenvalue weighted by Gasteiger charge is -2.31. The van der Waals surface area contributed by atoms with Crippen LogP contribution in [0, 0.1) is 5.41 Å². The van der Waals surface area contributed by atoms with Gasteiger partial charge in [0.2, 0.25) is 0 Å². The number of hydrogen-bond donors (Lipinski definition) is 0. The Kier molecular flexibility index (Phi) is 5.09. The average molecular weight is 314 g/mol. The molecular weight excluding hydrogens is 278 g/mol. The maximum Gasteiger partial charge on any atom is 0.129 e. The van der Waals surface area contributed by atoms with E-state index >= 15 is 0 Å². The molecule has 2 rings (SSSR count). The van der Waals surface area contributed by atoms with Crippen molar-refractivity contribution in [2.75, 3.05) is 0 Å². The third-order valence-corrected chi connectivity index (χ3v) is 5.64. The Morgan fingerprint density at radius 3 is 1.83 bits per heavy atom. The first-order valence-corrected chi connectivity index (χ1v) is 9.38. The second-order valence-corrected chi connectivity index (χ2v) is 8.52. The zero-order valence-electron chi connectivity index (χ0n) is 16.5. The summed E-state index contributed by atoms with van der Waals surface area (Å²) in [6.07, 6.45) is 7.47. The Labute approximate surface area is 143 Å². The molecule has 0 N–H and O–H groups in total. The molecule has 1 heterocycles. The van der Waals surface area contributed by atoms with Crippen LogP contribution in [0.4, 0.5) is 5.69 Å². The fourth-order valence-corrected chi connectivity index (χ4v) is 4.12. The summed E-state index contributed by atoms with van der Waals surface area (Å²) >= 11 is 0. The Balaban J connectivity index is 2.73. The predicted octanol–water partition coefficient (Wildman–Crippen LogP) is 6.51. The van der Waals surface area contributed by atoms with E-state index < -0.39 is 0 Å². The van der Waals surface area contributed by atoms with Crippen LogP contribution in [0.2, 0.25) is 0 Å². The number of para-hydroxylation sites is 1. The van der Waals surface area contributed by atoms with Gasteiger partial charge in [-0.3, -0.25) is 0 Å². The van der Waals surface area contributed by atoms with E-state index in [1.165, 1.54) is 36.1 Å². The zero-order chi connectivity index (χ0) is 17.4. The fourth-order valence-electron chi connectivity index (χ4n) is 4.12. The number of hydrogen-bond acceptors (Lipinski definition) is 0. The van der Waals surface area contributed by atoms with Crippen molar-refractivity contribution in [2.45, 2.75) is 92.0 Å². The van der Waals surface area contributed by atoms with Crippen LogP contribution in [0.3, 0.4) is 0 Å². The summed E-state index contributed by atoms with van der Waals surface area (Å²) in [5, 5.41) is 0. The van der Waals surface area contributed by atoms with E-state index in [1.54, 1.807) is 0 Å². The average Bonchev–Trinajstić information content (AvgIpc) is 2.78. The molecule has 0 saturated heterocycles. The molecule has 1 aliphatic rings. The highest BCUT2D eigenvalue weighted by atomic mass is 15.1. The molecule has 0 saturated carbocycles. The van der Waals surface area contributed by atoms with Crippen LogP contribution in [0.5, 0.6) is 0 Å². The van der Waals surface area contributed by atoms with Gasteiger partial charge in [-0.25, -0.2) is 0 Å². The molecule has 1 aromatic rings. The molecule has 23 heavy (non-hydrogen) atoms. The van der Waals surface area contributed by atoms with Crippen LogP contribution in [-0.2, 0) is 0 Å². The van der Waals surface area contributed by atoms with Gasteiger partial charge in [0.25, 0.3) is 0 Å². The lowest BCUT2D eigenvalue weighted by atomic mass is 9.77. The largest absolute Gasteiger partial charge is 0.359 e. The van der Waals surface area contributed by atoms with Crippen LogP contribution in [0.25, 0.3) is 0 Å². The van der Waals surface area contributed by atoms with Crippen LogP contribution in [-0.4, -0.2) is 16.3 Å². The molecule has 0 bridgehead atoms. The van der Waals surface area contributed by atoms with Crippen LogP contribution >= 0.6 is 0 Å². The lowest BCUT2D eigenvalue weighted by molar-refractivity contribution is -0.513. The third-order valence-electron chi connectivity index (χ3n) is 5.64. The van der Waals surface area contributed by atoms with Gasteiger partial charge < -0.3 is 4.58 Å². The van der Waals surface area contributed by atoms with Crippen molar-refractivity contribution in [3.05, 3.63) is 29.3 Å². The van der Waals surface area contributed by atoms with Crippen LogP contribution in [0.15, 0.2) is 18.2 Å². The summed E-state index contributed by atoms with van der Waals surface area (Å²) in [6.45, 7) is 18.6. The monoisotopic (exact) mass is 313 g/mol. The van der Waals surface area contributed by atoms with E-state index in [1.807, 2.05) is 0 Å². The van der Waals surface area contributed by atoms with Crippen LogP contribution < -0.4 is 0 Å². The van der Waals surface area contributed by atoms with Gasteiger partial charge in [0, 0.05) is 12.6 Å². The van der Waals surface area contributed by atoms with Crippen molar-refractivity contribution in [2.24, 2.45) is 5.41 Å². The summed E-state index contributed by atoms with van der Waals surface area (Å²) in [5.41, 5.74) is 4.69. The van der Waals surface area contributed by atoms with Crippen molar-refractivity contribution < 1.29 is 4.58 Å². The summed E-state index contributed by atoms with van der Waals surface area (Å²) in [5.74, 6) is 1.05. The van der Waals surface area contributed by atoms with E-state index in [-0.39, 0.29) is 11.0 Å². The summed E-state index contributed by atoms with van der Waals surface area (Å²) in [6, 6.07) is 6.84. The number of benzene rings is 1. The first-order valence-electron chi connectivity index (χ1n) is 9.38. The Bertz CT molecular complexity index is 560. The molecule has 1 heteroatoms. The minimum absolute atomic E-state index is 0.126. The Morgan fingerprint density at radius 1 is 1.00 bits per heavy atom. The molecule has 0 amide bonds. The second kappa shape index (κ2) is 6.42. The molecular formula is C22H35N. The van der Waals surface area contributed by atoms with E-state index in [0.29, 0.717) is 11.8 Å². The number of nitrogens with zero attached hydrogens (tertiary/aromatic N) is 1. The molecule has 0 unspecified atom stereocenters. The van der Waals surface area contributed by atoms with Crippen molar-refractivity contribution in [1.82, 2.24) is 0 Å². The Morgan fingerprint density at radius 2 is 1.48 bits per heavy atom. The van der Waals surface area contributed by atoms with E-state index in [2.05, 4.69) is 84.4 Å². The van der Waals surface area contributed by atoms with Gasteiger partial charge in [0.1, 0.15) is 5.54 Å². The molecule has 0 radical (unpaired) electrons. The fraction of sp³-hybridized carbons (Fsp3) is 0.682. The van der Waals surface area contributed by atoms with Gasteiger partial charge in [-0.1, -0.05) is 83.7 Å². The van der Waals surface area contributed by atoms with Crippen molar-refractivity contribution >= 4 is 11.9 Å². The zero-order valence-corrected chi connectivity index (χ0v) is 16.5. The molecule has 1 aliphatic heterocycles. The van der Waals surface area contributed by atoms with Gasteiger partial charge in [-0.15, -0.1) is 0 Å². The summed E-state index contributed by atoms with van der Waals surface area (Å²) < 4.78 is 2.50. The van der Waals surface area contributed by atoms with E-state index in [9.17, 15) is 0 Å². The Hall–Kier alpha value is -1.11. The second-order valence-electron chi connectivity index (χ2n) is 8.52. The lowest BCUT2D eigenvalue weighted by Crippen LogP contribution is -2.31. The van der Waals surface area contributed by atoms with Crippen LogP contribution in [0.1, 0.15) is 97.6 Å². The van der Waals surface area contributed by atoms with Gasteiger partial charge in [-0.2, -0.15) is 0 Å². The molecule has 128 valence electrons. The summed E-state index contributed by atoms with van der Waals surface area (Å²) in [7, 11) is 0. The number of rotatable bonds is 5. The molecule has 0 atom stereocenters. The van der Waals surface area contributed by atoms with Gasteiger partial charge in [0.15, 0.2) is 0 Å². The molecule has 0 spiro atoms. The van der Waals surface area contributed by atoms with Gasteiger partial charge in [0.05, 0.1) is 5.69 Å². The topological polar surface area (TPSA) is 3.01 Å². The predicted molar refractivity (Wildman–Crippen MR) is 101 cm³/mol. The smallest absolute Gasteiger partial charge is 0.129 e. The highest BCUT2D eigenvalue weighted by molar-refractivity contribution is 5.67. The third kappa shape index (κ3) is 3.25. The van der Waals surface area contributed by atoms with E-state index in [4.69, 9.17) is 0 Å². The standard InChI is InChI=1S/C22H35N/c1-9-22(10-2)14-21(7,8)23(15-22)20-18(16(3)4)12-11-13-19(20)17(5)6/h11-13,16-17H,9-10,14H2,1-8H3. The maximum atomic E-state index is 3.93. The van der Waals surface area contributed by atoms with Gasteiger partial charge in [-0.05, 0) is 31.1 Å². The normalized spacial score (nSPS) is 19.5. The molecule has 0 aliphatic carbocycles. The molecule has 1 nitrogen and oxygen atoms in total. The molecule has 0 fully saturated rings. The highest BCUT2D eigenvalue weighted by Crippen LogP contribution is 2.46. The van der Waals surface area contributed by atoms with Crippen molar-refractivity contribution in [3.8, 4) is 0 Å². The minimum atomic E-state index is 0.126. The highest BCUT2D eigenvalue weighted by Gasteiger charge is 2.44. The SMILES string of the molecule is CCC1(CC)[C-]=[N+](c2c(C(C)C)cccc2C(C)C)C(C)(C)C1.